The molecule has 2 heterocycles. The van der Waals surface area contributed by atoms with Gasteiger partial charge in [-0.15, -0.1) is 0 Å². The summed E-state index contributed by atoms with van der Waals surface area (Å²) < 4.78 is 2.49. The van der Waals surface area contributed by atoms with Crippen molar-refractivity contribution in [3.8, 4) is 39.1 Å². The minimum Gasteiger partial charge on any atom is -0.377 e. The van der Waals surface area contributed by atoms with Crippen molar-refractivity contribution >= 4 is 21.8 Å². The van der Waals surface area contributed by atoms with Crippen LogP contribution in [0.25, 0.3) is 60.9 Å². The maximum atomic E-state index is 3.96. The minimum absolute atomic E-state index is 0.114. The molecule has 1 N–H and O–H groups in total. The lowest BCUT2D eigenvalue weighted by molar-refractivity contribution is 0.595. The predicted molar refractivity (Wildman–Crippen MR) is 239 cm³/mol. The SMILES string of the molecule is CC1(C)c2ccccc2-c2cccc(-c3ccccc3-n3c4ccccc4c4cc(-c5cccc([C@H]6NC(C7=CCCC=C7)=CC6c6ccccc6)c5)ccc43)c21. The van der Waals surface area contributed by atoms with Crippen molar-refractivity contribution in [1.82, 2.24) is 9.88 Å². The normalized spacial score (nSPS) is 17.9. The third-order valence-electron chi connectivity index (χ3n) is 12.8. The van der Waals surface area contributed by atoms with Crippen molar-refractivity contribution in [2.24, 2.45) is 0 Å². The summed E-state index contributed by atoms with van der Waals surface area (Å²) in [6.45, 7) is 4.76. The standard InChI is InChI=1S/C55H44N2/c1-55(2)48-28-12-9-23-41(48)44-26-16-27-45(53(44)55)42-24-10-13-29-50(42)57-51-30-14-11-25-43(51)47-34-39(31-32-52(47)57)38-21-15-22-40(33-38)54-46(36-17-5-3-6-18-36)35-49(56-54)37-19-7-4-8-20-37/h3,5-7,9-35,46,54,56H,4,8H2,1-2H3/t46?,54-/m1/s1. The quantitative estimate of drug-likeness (QED) is 0.180. The molecule has 11 rings (SSSR count). The summed E-state index contributed by atoms with van der Waals surface area (Å²) in [6, 6.07) is 61.0. The molecule has 0 radical (unpaired) electrons. The molecule has 8 aromatic rings. The van der Waals surface area contributed by atoms with E-state index in [1.54, 1.807) is 0 Å². The Morgan fingerprint density at radius 3 is 2.11 bits per heavy atom. The Hall–Kier alpha value is -6.64. The molecule has 3 aliphatic rings. The van der Waals surface area contributed by atoms with Gasteiger partial charge in [0.15, 0.2) is 0 Å². The topological polar surface area (TPSA) is 17.0 Å². The lowest BCUT2D eigenvalue weighted by atomic mass is 9.78. The van der Waals surface area contributed by atoms with Gasteiger partial charge in [0, 0.05) is 33.4 Å². The molecule has 1 aliphatic heterocycles. The Morgan fingerprint density at radius 2 is 1.25 bits per heavy atom. The van der Waals surface area contributed by atoms with E-state index in [-0.39, 0.29) is 17.4 Å². The summed E-state index contributed by atoms with van der Waals surface area (Å²) in [6.07, 6.45) is 11.6. The van der Waals surface area contributed by atoms with E-state index >= 15 is 0 Å². The van der Waals surface area contributed by atoms with Gasteiger partial charge in [-0.2, -0.15) is 0 Å². The smallest absolute Gasteiger partial charge is 0.0618 e. The lowest BCUT2D eigenvalue weighted by Gasteiger charge is -2.25. The number of benzene rings is 7. The maximum absolute atomic E-state index is 3.96. The molecule has 0 bridgehead atoms. The molecule has 7 aromatic carbocycles. The van der Waals surface area contributed by atoms with Crippen molar-refractivity contribution in [1.29, 1.82) is 0 Å². The molecule has 2 atom stereocenters. The van der Waals surface area contributed by atoms with Gasteiger partial charge in [0.25, 0.3) is 0 Å². The number of nitrogens with zero attached hydrogens (tertiary/aromatic N) is 1. The first kappa shape index (κ1) is 33.7. The summed E-state index contributed by atoms with van der Waals surface area (Å²) in [5, 5.41) is 6.48. The molecule has 0 spiro atoms. The summed E-state index contributed by atoms with van der Waals surface area (Å²) >= 11 is 0. The number of allylic oxidation sites excluding steroid dienone is 3. The number of para-hydroxylation sites is 2. The lowest BCUT2D eigenvalue weighted by Crippen LogP contribution is -2.20. The van der Waals surface area contributed by atoms with Crippen molar-refractivity contribution in [3.05, 3.63) is 222 Å². The minimum atomic E-state index is -0.114. The highest BCUT2D eigenvalue weighted by atomic mass is 15.0. The Kier molecular flexibility index (Phi) is 7.83. The van der Waals surface area contributed by atoms with E-state index in [1.165, 1.54) is 94.4 Å². The van der Waals surface area contributed by atoms with Crippen LogP contribution in [-0.2, 0) is 5.41 Å². The molecule has 0 amide bonds. The van der Waals surface area contributed by atoms with E-state index in [9.17, 15) is 0 Å². The van der Waals surface area contributed by atoms with Gasteiger partial charge in [-0.05, 0) is 98.8 Å². The summed E-state index contributed by atoms with van der Waals surface area (Å²) in [4.78, 5) is 0. The first-order valence-electron chi connectivity index (χ1n) is 20.4. The van der Waals surface area contributed by atoms with E-state index in [2.05, 4.69) is 212 Å². The molecule has 274 valence electrons. The van der Waals surface area contributed by atoms with Crippen LogP contribution in [0.2, 0.25) is 0 Å². The fraction of sp³-hybridized carbons (Fsp3) is 0.127. The second-order valence-corrected chi connectivity index (χ2v) is 16.4. The van der Waals surface area contributed by atoms with E-state index in [0.29, 0.717) is 0 Å². The van der Waals surface area contributed by atoms with Crippen LogP contribution in [0.4, 0.5) is 0 Å². The second-order valence-electron chi connectivity index (χ2n) is 16.4. The highest BCUT2D eigenvalue weighted by Gasteiger charge is 2.38. The van der Waals surface area contributed by atoms with Gasteiger partial charge in [-0.1, -0.05) is 172 Å². The molecule has 2 nitrogen and oxygen atoms in total. The number of hydrogen-bond acceptors (Lipinski definition) is 1. The van der Waals surface area contributed by atoms with Crippen LogP contribution in [0, 0.1) is 0 Å². The molecular formula is C55H44N2. The Morgan fingerprint density at radius 1 is 0.561 bits per heavy atom. The van der Waals surface area contributed by atoms with Gasteiger partial charge >= 0.3 is 0 Å². The number of rotatable bonds is 6. The van der Waals surface area contributed by atoms with Crippen LogP contribution in [0.1, 0.15) is 60.9 Å². The Balaban J connectivity index is 1.02. The van der Waals surface area contributed by atoms with Crippen molar-refractivity contribution < 1.29 is 0 Å². The summed E-state index contributed by atoms with van der Waals surface area (Å²) in [5.41, 5.74) is 19.2. The molecule has 2 heteroatoms. The molecule has 1 unspecified atom stereocenters. The van der Waals surface area contributed by atoms with Gasteiger partial charge < -0.3 is 9.88 Å². The molecule has 0 saturated carbocycles. The van der Waals surface area contributed by atoms with Crippen molar-refractivity contribution in [3.63, 3.8) is 0 Å². The largest absolute Gasteiger partial charge is 0.377 e. The molecule has 0 fully saturated rings. The Labute approximate surface area is 335 Å². The maximum Gasteiger partial charge on any atom is 0.0618 e. The van der Waals surface area contributed by atoms with Crippen LogP contribution in [0.3, 0.4) is 0 Å². The van der Waals surface area contributed by atoms with Gasteiger partial charge in [0.2, 0.25) is 0 Å². The van der Waals surface area contributed by atoms with Crippen LogP contribution in [0.15, 0.2) is 199 Å². The predicted octanol–water partition coefficient (Wildman–Crippen LogP) is 14.0. The molecular weight excluding hydrogens is 689 g/mol. The van der Waals surface area contributed by atoms with Gasteiger partial charge in [0.05, 0.1) is 22.8 Å². The highest BCUT2D eigenvalue weighted by molar-refractivity contribution is 6.11. The van der Waals surface area contributed by atoms with E-state index in [1.807, 2.05) is 0 Å². The van der Waals surface area contributed by atoms with Crippen molar-refractivity contribution in [2.45, 2.75) is 44.1 Å². The summed E-state index contributed by atoms with van der Waals surface area (Å²) in [5.74, 6) is 0.235. The molecule has 2 aliphatic carbocycles. The highest BCUT2D eigenvalue weighted by Crippen LogP contribution is 2.53. The second kappa shape index (κ2) is 13.2. The van der Waals surface area contributed by atoms with Gasteiger partial charge in [0.1, 0.15) is 0 Å². The van der Waals surface area contributed by atoms with Gasteiger partial charge in [-0.3, -0.25) is 0 Å². The number of fused-ring (bicyclic) bond motifs is 6. The van der Waals surface area contributed by atoms with Crippen LogP contribution in [-0.4, -0.2) is 4.57 Å². The van der Waals surface area contributed by atoms with Crippen LogP contribution < -0.4 is 5.32 Å². The van der Waals surface area contributed by atoms with Crippen molar-refractivity contribution in [2.75, 3.05) is 0 Å². The zero-order valence-corrected chi connectivity index (χ0v) is 32.4. The van der Waals surface area contributed by atoms with E-state index < -0.39 is 0 Å². The number of nitrogens with one attached hydrogen (secondary N) is 1. The molecule has 1 aromatic heterocycles. The third kappa shape index (κ3) is 5.39. The molecule has 0 saturated heterocycles. The fourth-order valence-electron chi connectivity index (χ4n) is 10.1. The van der Waals surface area contributed by atoms with E-state index in [4.69, 9.17) is 0 Å². The van der Waals surface area contributed by atoms with E-state index in [0.717, 1.165) is 12.8 Å². The number of hydrogen-bond donors (Lipinski definition) is 1. The van der Waals surface area contributed by atoms with Crippen LogP contribution in [0.5, 0.6) is 0 Å². The number of aromatic nitrogens is 1. The molecule has 57 heavy (non-hydrogen) atoms. The zero-order valence-electron chi connectivity index (χ0n) is 32.4. The third-order valence-corrected chi connectivity index (χ3v) is 12.8. The average molecular weight is 733 g/mol. The first-order chi connectivity index (χ1) is 28.0. The van der Waals surface area contributed by atoms with Crippen LogP contribution >= 0.6 is 0 Å². The monoisotopic (exact) mass is 732 g/mol. The first-order valence-corrected chi connectivity index (χ1v) is 20.4. The fourth-order valence-corrected chi connectivity index (χ4v) is 10.1. The summed E-state index contributed by atoms with van der Waals surface area (Å²) in [7, 11) is 0. The van der Waals surface area contributed by atoms with Gasteiger partial charge in [-0.25, -0.2) is 0 Å². The Bertz CT molecular complexity index is 2970. The average Bonchev–Trinajstić information content (AvgIpc) is 3.93. The zero-order chi connectivity index (χ0) is 38.1.